The van der Waals surface area contributed by atoms with E-state index >= 15 is 0 Å². The van der Waals surface area contributed by atoms with Gasteiger partial charge < -0.3 is 37.2 Å². The molecule has 0 radical (unpaired) electrons. The van der Waals surface area contributed by atoms with Crippen molar-refractivity contribution in [2.45, 2.75) is 19.4 Å². The minimum Gasteiger partial charge on any atom is -1.00 e. The van der Waals surface area contributed by atoms with Gasteiger partial charge in [-0.1, -0.05) is 19.1 Å². The van der Waals surface area contributed by atoms with E-state index in [0.717, 1.165) is 12.2 Å². The highest BCUT2D eigenvalue weighted by molar-refractivity contribution is 5.27. The predicted molar refractivity (Wildman–Crippen MR) is 88.8 cm³/mol. The first-order chi connectivity index (χ1) is 11.2. The molecule has 1 atom stereocenters. The molecule has 1 aromatic carbocycles. The lowest BCUT2D eigenvalue weighted by molar-refractivity contribution is -0.0000430. The maximum Gasteiger partial charge on any atom is 0.119 e. The largest absolute Gasteiger partial charge is 1.00 e. The normalized spacial score (nSPS) is 12.0. The summed E-state index contributed by atoms with van der Waals surface area (Å²) in [4.78, 5) is 1.79. The summed E-state index contributed by atoms with van der Waals surface area (Å²) in [6, 6.07) is 7.96. The van der Waals surface area contributed by atoms with Gasteiger partial charge in [0.05, 0.1) is 32.5 Å². The monoisotopic (exact) mass is 362 g/mol. The number of aliphatic hydroxyl groups is 3. The van der Waals surface area contributed by atoms with Gasteiger partial charge in [-0.05, 0) is 24.1 Å². The summed E-state index contributed by atoms with van der Waals surface area (Å²) in [5.74, 6) is 0.809. The molecule has 0 spiro atoms. The first-order valence-electron chi connectivity index (χ1n) is 8.11. The molecule has 24 heavy (non-hydrogen) atoms. The molecule has 1 rings (SSSR count). The number of rotatable bonds is 13. The molecule has 0 aliphatic carbocycles. The van der Waals surface area contributed by atoms with Crippen LogP contribution in [0, 0.1) is 0 Å². The van der Waals surface area contributed by atoms with Gasteiger partial charge in [-0.15, -0.1) is 0 Å². The molecule has 1 unspecified atom stereocenters. The average molecular weight is 363 g/mol. The molecule has 0 aromatic heterocycles. The SMILES string of the molecule is CCc1ccc(OCCOCC(O)CN(CCO)CCO)cc1.[Cl-]. The molecule has 0 heterocycles. The van der Waals surface area contributed by atoms with E-state index in [9.17, 15) is 5.11 Å². The highest BCUT2D eigenvalue weighted by Crippen LogP contribution is 2.12. The van der Waals surface area contributed by atoms with Crippen molar-refractivity contribution < 1.29 is 37.2 Å². The van der Waals surface area contributed by atoms with Crippen LogP contribution in [0.15, 0.2) is 24.3 Å². The Morgan fingerprint density at radius 1 is 1.04 bits per heavy atom. The van der Waals surface area contributed by atoms with Crippen LogP contribution in [-0.4, -0.2) is 79.0 Å². The summed E-state index contributed by atoms with van der Waals surface area (Å²) in [5, 5.41) is 27.7. The summed E-state index contributed by atoms with van der Waals surface area (Å²) in [7, 11) is 0. The fourth-order valence-electron chi connectivity index (χ4n) is 2.19. The Kier molecular flexibility index (Phi) is 13.9. The first kappa shape index (κ1) is 23.1. The highest BCUT2D eigenvalue weighted by Gasteiger charge is 2.11. The first-order valence-corrected chi connectivity index (χ1v) is 8.11. The number of halogens is 1. The van der Waals surface area contributed by atoms with Crippen LogP contribution in [-0.2, 0) is 11.2 Å². The molecule has 0 aliphatic heterocycles. The van der Waals surface area contributed by atoms with Crippen molar-refractivity contribution in [3.63, 3.8) is 0 Å². The lowest BCUT2D eigenvalue weighted by atomic mass is 10.2. The lowest BCUT2D eigenvalue weighted by Gasteiger charge is -2.23. The highest BCUT2D eigenvalue weighted by atomic mass is 35.5. The zero-order valence-electron chi connectivity index (χ0n) is 14.2. The van der Waals surface area contributed by atoms with E-state index in [-0.39, 0.29) is 32.2 Å². The Hall–Kier alpha value is -0.890. The van der Waals surface area contributed by atoms with Gasteiger partial charge in [0.25, 0.3) is 0 Å². The molecular weight excluding hydrogens is 334 g/mol. The molecule has 0 fully saturated rings. The fraction of sp³-hybridized carbons (Fsp3) is 0.647. The van der Waals surface area contributed by atoms with Crippen molar-refractivity contribution in [1.82, 2.24) is 4.90 Å². The minimum absolute atomic E-state index is 0. The van der Waals surface area contributed by atoms with Crippen molar-refractivity contribution in [3.8, 4) is 5.75 Å². The number of ether oxygens (including phenoxy) is 2. The molecule has 0 saturated carbocycles. The summed E-state index contributed by atoms with van der Waals surface area (Å²) < 4.78 is 11.0. The van der Waals surface area contributed by atoms with Crippen molar-refractivity contribution in [2.75, 3.05) is 52.7 Å². The maximum absolute atomic E-state index is 9.88. The molecule has 6 nitrogen and oxygen atoms in total. The Morgan fingerprint density at radius 3 is 2.21 bits per heavy atom. The third-order valence-electron chi connectivity index (χ3n) is 3.44. The summed E-state index contributed by atoms with van der Waals surface area (Å²) >= 11 is 0. The quantitative estimate of drug-likeness (QED) is 0.331. The van der Waals surface area contributed by atoms with Gasteiger partial charge in [-0.2, -0.15) is 0 Å². The number of benzene rings is 1. The second kappa shape index (κ2) is 14.5. The zero-order valence-corrected chi connectivity index (χ0v) is 15.0. The van der Waals surface area contributed by atoms with Gasteiger partial charge in [-0.3, -0.25) is 4.90 Å². The van der Waals surface area contributed by atoms with E-state index in [1.54, 1.807) is 4.90 Å². The summed E-state index contributed by atoms with van der Waals surface area (Å²) in [5.41, 5.74) is 1.27. The molecule has 1 aromatic rings. The van der Waals surface area contributed by atoms with E-state index in [1.165, 1.54) is 5.56 Å². The smallest absolute Gasteiger partial charge is 0.119 e. The third kappa shape index (κ3) is 10.1. The van der Waals surface area contributed by atoms with Gasteiger partial charge in [0.1, 0.15) is 12.4 Å². The van der Waals surface area contributed by atoms with Crippen LogP contribution in [0.4, 0.5) is 0 Å². The van der Waals surface area contributed by atoms with E-state index < -0.39 is 6.10 Å². The second-order valence-corrected chi connectivity index (χ2v) is 5.32. The van der Waals surface area contributed by atoms with E-state index in [4.69, 9.17) is 19.7 Å². The van der Waals surface area contributed by atoms with E-state index in [0.29, 0.717) is 32.8 Å². The molecule has 3 N–H and O–H groups in total. The van der Waals surface area contributed by atoms with Crippen molar-refractivity contribution in [1.29, 1.82) is 0 Å². The van der Waals surface area contributed by atoms with Crippen molar-refractivity contribution in [3.05, 3.63) is 29.8 Å². The lowest BCUT2D eigenvalue weighted by Crippen LogP contribution is -3.00. The van der Waals surface area contributed by atoms with Crippen molar-refractivity contribution >= 4 is 0 Å². The molecular formula is C17H29ClNO5-. The van der Waals surface area contributed by atoms with Crippen LogP contribution < -0.4 is 17.1 Å². The van der Waals surface area contributed by atoms with E-state index in [2.05, 4.69) is 6.92 Å². The minimum atomic E-state index is -0.656. The predicted octanol–water partition coefficient (Wildman–Crippen LogP) is -2.70. The third-order valence-corrected chi connectivity index (χ3v) is 3.44. The Bertz CT molecular complexity index is 398. The van der Waals surface area contributed by atoms with E-state index in [1.807, 2.05) is 24.3 Å². The second-order valence-electron chi connectivity index (χ2n) is 5.32. The van der Waals surface area contributed by atoms with Crippen LogP contribution in [0.3, 0.4) is 0 Å². The standard InChI is InChI=1S/C17H29NO5.ClH/c1-2-15-3-5-17(6-4-15)23-12-11-22-14-16(21)13-18(7-9-19)8-10-20;/h3-6,16,19-21H,2,7-14H2,1H3;1H/p-1. The van der Waals surface area contributed by atoms with Gasteiger partial charge in [0, 0.05) is 19.6 Å². The van der Waals surface area contributed by atoms with Crippen molar-refractivity contribution in [2.24, 2.45) is 0 Å². The fourth-order valence-corrected chi connectivity index (χ4v) is 2.19. The maximum atomic E-state index is 9.88. The Balaban J connectivity index is 0.00000529. The molecule has 0 bridgehead atoms. The van der Waals surface area contributed by atoms with Crippen LogP contribution in [0.25, 0.3) is 0 Å². The van der Waals surface area contributed by atoms with Crippen LogP contribution >= 0.6 is 0 Å². The summed E-state index contributed by atoms with van der Waals surface area (Å²) in [6.07, 6.45) is 0.349. The summed E-state index contributed by atoms with van der Waals surface area (Å²) in [6.45, 7) is 4.34. The molecule has 0 saturated heterocycles. The van der Waals surface area contributed by atoms with Crippen LogP contribution in [0.2, 0.25) is 0 Å². The number of hydrogen-bond donors (Lipinski definition) is 3. The van der Waals surface area contributed by atoms with Gasteiger partial charge >= 0.3 is 0 Å². The number of nitrogens with zero attached hydrogens (tertiary/aromatic N) is 1. The molecule has 0 amide bonds. The molecule has 7 heteroatoms. The topological polar surface area (TPSA) is 82.4 Å². The Labute approximate surface area is 150 Å². The number of hydrogen-bond acceptors (Lipinski definition) is 6. The van der Waals surface area contributed by atoms with Crippen LogP contribution in [0.1, 0.15) is 12.5 Å². The number of aryl methyl sites for hydroxylation is 1. The average Bonchev–Trinajstić information content (AvgIpc) is 2.55. The number of aliphatic hydroxyl groups excluding tert-OH is 3. The van der Waals surface area contributed by atoms with Gasteiger partial charge in [0.2, 0.25) is 0 Å². The molecule has 0 aliphatic rings. The van der Waals surface area contributed by atoms with Crippen LogP contribution in [0.5, 0.6) is 5.75 Å². The van der Waals surface area contributed by atoms with Gasteiger partial charge in [0.15, 0.2) is 0 Å². The molecule has 140 valence electrons. The Morgan fingerprint density at radius 2 is 1.67 bits per heavy atom. The van der Waals surface area contributed by atoms with Gasteiger partial charge in [-0.25, -0.2) is 0 Å². The zero-order chi connectivity index (χ0) is 16.9.